The van der Waals surface area contributed by atoms with E-state index in [-0.39, 0.29) is 17.4 Å². The molecular formula is C24H19FN4O2. The van der Waals surface area contributed by atoms with Crippen LogP contribution in [0.4, 0.5) is 4.39 Å². The minimum Gasteiger partial charge on any atom is -0.504 e. The second-order valence-corrected chi connectivity index (χ2v) is 7.55. The number of para-hydroxylation sites is 1. The number of carbonyl (C=O) groups excluding carboxylic acids is 1. The first-order valence-corrected chi connectivity index (χ1v) is 9.90. The molecular weight excluding hydrogens is 395 g/mol. The Balaban J connectivity index is 1.65. The highest BCUT2D eigenvalue weighted by molar-refractivity contribution is 5.98. The third-order valence-electron chi connectivity index (χ3n) is 5.69. The van der Waals surface area contributed by atoms with Gasteiger partial charge in [-0.3, -0.25) is 4.79 Å². The Morgan fingerprint density at radius 1 is 1.16 bits per heavy atom. The first-order valence-electron chi connectivity index (χ1n) is 9.90. The Morgan fingerprint density at radius 3 is 2.68 bits per heavy atom. The highest BCUT2D eigenvalue weighted by Gasteiger charge is 2.34. The quantitative estimate of drug-likeness (QED) is 0.489. The SMILES string of the molecule is C=CC(=O)N1CC(c2[nH]c3nnc(-c4cccc(F)c4O)cc3c2-c2ccccc2)C1. The molecule has 1 saturated heterocycles. The van der Waals surface area contributed by atoms with Crippen molar-refractivity contribution in [1.82, 2.24) is 20.1 Å². The molecule has 2 N–H and O–H groups in total. The zero-order valence-corrected chi connectivity index (χ0v) is 16.5. The molecule has 0 bridgehead atoms. The largest absolute Gasteiger partial charge is 0.504 e. The summed E-state index contributed by atoms with van der Waals surface area (Å²) in [5.74, 6) is -1.12. The van der Waals surface area contributed by atoms with Crippen LogP contribution in [0.25, 0.3) is 33.4 Å². The number of phenolic OH excluding ortho intramolecular Hbond substituents is 1. The number of rotatable bonds is 4. The number of fused-ring (bicyclic) bond motifs is 1. The third kappa shape index (κ3) is 3.15. The molecule has 4 aromatic rings. The molecule has 2 aromatic carbocycles. The summed E-state index contributed by atoms with van der Waals surface area (Å²) in [7, 11) is 0. The lowest BCUT2D eigenvalue weighted by molar-refractivity contribution is -0.130. The number of amides is 1. The first-order chi connectivity index (χ1) is 15.1. The smallest absolute Gasteiger partial charge is 0.245 e. The maximum atomic E-state index is 13.9. The van der Waals surface area contributed by atoms with Crippen LogP contribution in [0.2, 0.25) is 0 Å². The van der Waals surface area contributed by atoms with Gasteiger partial charge >= 0.3 is 0 Å². The van der Waals surface area contributed by atoms with Crippen LogP contribution in [-0.2, 0) is 4.79 Å². The number of aromatic hydroxyl groups is 1. The second kappa shape index (κ2) is 7.36. The van der Waals surface area contributed by atoms with Crippen molar-refractivity contribution >= 4 is 16.9 Å². The number of hydrogen-bond acceptors (Lipinski definition) is 4. The molecule has 6 nitrogen and oxygen atoms in total. The van der Waals surface area contributed by atoms with Crippen molar-refractivity contribution in [1.29, 1.82) is 0 Å². The van der Waals surface area contributed by atoms with E-state index >= 15 is 0 Å². The molecule has 1 fully saturated rings. The highest BCUT2D eigenvalue weighted by Crippen LogP contribution is 2.40. The molecule has 1 aliphatic heterocycles. The van der Waals surface area contributed by atoms with E-state index in [1.165, 1.54) is 18.2 Å². The van der Waals surface area contributed by atoms with Gasteiger partial charge in [0, 0.05) is 41.2 Å². The summed E-state index contributed by atoms with van der Waals surface area (Å²) < 4.78 is 13.9. The number of halogens is 1. The maximum Gasteiger partial charge on any atom is 0.245 e. The number of carbonyl (C=O) groups is 1. The molecule has 1 aliphatic rings. The van der Waals surface area contributed by atoms with Crippen LogP contribution in [0.1, 0.15) is 11.6 Å². The molecule has 0 atom stereocenters. The number of nitrogens with zero attached hydrogens (tertiary/aromatic N) is 3. The lowest BCUT2D eigenvalue weighted by Crippen LogP contribution is -2.48. The van der Waals surface area contributed by atoms with Gasteiger partial charge in [0.25, 0.3) is 0 Å². The van der Waals surface area contributed by atoms with E-state index in [1.54, 1.807) is 11.0 Å². The van der Waals surface area contributed by atoms with Gasteiger partial charge in [0.05, 0.1) is 5.69 Å². The molecule has 0 saturated carbocycles. The topological polar surface area (TPSA) is 82.1 Å². The Hall–Kier alpha value is -4.00. The van der Waals surface area contributed by atoms with Crippen molar-refractivity contribution < 1.29 is 14.3 Å². The number of hydrogen-bond donors (Lipinski definition) is 2. The van der Waals surface area contributed by atoms with Crippen molar-refractivity contribution in [2.75, 3.05) is 13.1 Å². The van der Waals surface area contributed by atoms with Crippen LogP contribution in [0.3, 0.4) is 0 Å². The van der Waals surface area contributed by atoms with Crippen molar-refractivity contribution in [2.45, 2.75) is 5.92 Å². The number of aromatic nitrogens is 3. The number of likely N-dealkylation sites (tertiary alicyclic amines) is 1. The Bertz CT molecular complexity index is 1310. The van der Waals surface area contributed by atoms with Gasteiger partial charge in [0.2, 0.25) is 5.91 Å². The minimum atomic E-state index is -0.709. The average Bonchev–Trinajstić information content (AvgIpc) is 3.13. The van der Waals surface area contributed by atoms with E-state index in [1.807, 2.05) is 36.4 Å². The Kier molecular flexibility index (Phi) is 4.51. The Morgan fingerprint density at radius 2 is 1.94 bits per heavy atom. The molecule has 0 aliphatic carbocycles. The standard InChI is InChI=1S/C24H19FN4O2/c1-2-20(30)29-12-15(13-29)22-21(14-7-4-3-5-8-14)17-11-19(27-28-24(17)26-22)16-9-6-10-18(25)23(16)31/h2-11,15,31H,1,12-13H2,(H,26,28). The summed E-state index contributed by atoms with van der Waals surface area (Å²) in [6.07, 6.45) is 1.32. The molecule has 0 unspecified atom stereocenters. The molecule has 0 spiro atoms. The van der Waals surface area contributed by atoms with E-state index in [2.05, 4.69) is 21.8 Å². The number of benzene rings is 2. The zero-order valence-electron chi connectivity index (χ0n) is 16.5. The fourth-order valence-corrected chi connectivity index (χ4v) is 4.06. The summed E-state index contributed by atoms with van der Waals surface area (Å²) in [6.45, 7) is 4.72. The van der Waals surface area contributed by atoms with E-state index in [0.29, 0.717) is 24.4 Å². The average molecular weight is 414 g/mol. The van der Waals surface area contributed by atoms with Crippen molar-refractivity contribution in [3.8, 4) is 28.1 Å². The fourth-order valence-electron chi connectivity index (χ4n) is 4.06. The number of nitrogens with one attached hydrogen (secondary N) is 1. The van der Waals surface area contributed by atoms with Gasteiger partial charge in [-0.1, -0.05) is 43.0 Å². The van der Waals surface area contributed by atoms with Crippen LogP contribution < -0.4 is 0 Å². The van der Waals surface area contributed by atoms with Gasteiger partial charge in [0.15, 0.2) is 17.2 Å². The number of H-pyrrole nitrogens is 1. The molecule has 5 rings (SSSR count). The highest BCUT2D eigenvalue weighted by atomic mass is 19.1. The fraction of sp³-hybridized carbons (Fsp3) is 0.125. The number of aromatic amines is 1. The van der Waals surface area contributed by atoms with Crippen molar-refractivity contribution in [3.05, 3.63) is 78.8 Å². The maximum absolute atomic E-state index is 13.9. The van der Waals surface area contributed by atoms with Gasteiger partial charge in [-0.2, -0.15) is 0 Å². The van der Waals surface area contributed by atoms with Crippen LogP contribution in [0.5, 0.6) is 5.75 Å². The van der Waals surface area contributed by atoms with Crippen molar-refractivity contribution in [2.24, 2.45) is 0 Å². The zero-order chi connectivity index (χ0) is 21.5. The summed E-state index contributed by atoms with van der Waals surface area (Å²) >= 11 is 0. The van der Waals surface area contributed by atoms with E-state index in [0.717, 1.165) is 22.2 Å². The lowest BCUT2D eigenvalue weighted by Gasteiger charge is -2.38. The normalized spacial score (nSPS) is 13.9. The molecule has 31 heavy (non-hydrogen) atoms. The number of phenols is 1. The molecule has 0 radical (unpaired) electrons. The first kappa shape index (κ1) is 19.0. The molecule has 3 heterocycles. The second-order valence-electron chi connectivity index (χ2n) is 7.55. The summed E-state index contributed by atoms with van der Waals surface area (Å²) in [6, 6.07) is 16.0. The molecule has 2 aromatic heterocycles. The molecule has 1 amide bonds. The van der Waals surface area contributed by atoms with Crippen molar-refractivity contribution in [3.63, 3.8) is 0 Å². The third-order valence-corrected chi connectivity index (χ3v) is 5.69. The minimum absolute atomic E-state index is 0.0859. The van der Waals surface area contributed by atoms with Crippen LogP contribution in [0, 0.1) is 5.82 Å². The van der Waals surface area contributed by atoms with Crippen LogP contribution in [0.15, 0.2) is 67.3 Å². The summed E-state index contributed by atoms with van der Waals surface area (Å²) in [4.78, 5) is 17.0. The van der Waals surface area contributed by atoms with Gasteiger partial charge in [0.1, 0.15) is 0 Å². The lowest BCUT2D eigenvalue weighted by atomic mass is 9.90. The molecule has 7 heteroatoms. The predicted octanol–water partition coefficient (Wildman–Crippen LogP) is 4.25. The van der Waals surface area contributed by atoms with E-state index < -0.39 is 11.6 Å². The van der Waals surface area contributed by atoms with Crippen LogP contribution >= 0.6 is 0 Å². The monoisotopic (exact) mass is 414 g/mol. The van der Waals surface area contributed by atoms with Crippen LogP contribution in [-0.4, -0.2) is 44.2 Å². The van der Waals surface area contributed by atoms with E-state index in [4.69, 9.17) is 0 Å². The van der Waals surface area contributed by atoms with Gasteiger partial charge in [-0.25, -0.2) is 4.39 Å². The Labute approximate surface area is 177 Å². The summed E-state index contributed by atoms with van der Waals surface area (Å²) in [5, 5.41) is 19.5. The van der Waals surface area contributed by atoms with Gasteiger partial charge < -0.3 is 15.0 Å². The van der Waals surface area contributed by atoms with Gasteiger partial charge in [-0.05, 0) is 29.8 Å². The van der Waals surface area contributed by atoms with E-state index in [9.17, 15) is 14.3 Å². The predicted molar refractivity (Wildman–Crippen MR) is 116 cm³/mol. The molecule has 154 valence electrons. The van der Waals surface area contributed by atoms with Gasteiger partial charge in [-0.15, -0.1) is 10.2 Å². The summed E-state index contributed by atoms with van der Waals surface area (Å²) in [5.41, 5.74) is 4.20.